The van der Waals surface area contributed by atoms with Crippen LogP contribution in [-0.4, -0.2) is 24.7 Å². The minimum absolute atomic E-state index is 0.0549. The van der Waals surface area contributed by atoms with Crippen LogP contribution in [0.5, 0.6) is 0 Å². The number of para-hydroxylation sites is 1. The number of carbonyl (C=O) groups is 2. The Balaban J connectivity index is 1.78. The third kappa shape index (κ3) is 3.37. The van der Waals surface area contributed by atoms with Gasteiger partial charge in [0.15, 0.2) is 5.78 Å². The summed E-state index contributed by atoms with van der Waals surface area (Å²) in [7, 11) is -2.15. The van der Waals surface area contributed by atoms with Gasteiger partial charge in [0.2, 0.25) is 0 Å². The van der Waals surface area contributed by atoms with E-state index in [0.29, 0.717) is 11.1 Å². The van der Waals surface area contributed by atoms with E-state index in [-0.39, 0.29) is 10.7 Å². The van der Waals surface area contributed by atoms with Crippen LogP contribution in [0.3, 0.4) is 0 Å². The molecule has 0 saturated carbocycles. The molecule has 7 nitrogen and oxygen atoms in total. The van der Waals surface area contributed by atoms with Gasteiger partial charge < -0.3 is 4.57 Å². The Morgan fingerprint density at radius 1 is 1.00 bits per heavy atom. The van der Waals surface area contributed by atoms with Crippen LogP contribution in [0.2, 0.25) is 0 Å². The highest BCUT2D eigenvalue weighted by atomic mass is 32.2. The van der Waals surface area contributed by atoms with E-state index < -0.39 is 15.9 Å². The SMILES string of the molecule is CC(=O)c1ccc(S(=O)(=O)NNC(=O)c2cn(C)c3ccccc23)cc1. The number of hydrogen-bond acceptors (Lipinski definition) is 4. The van der Waals surface area contributed by atoms with Crippen molar-refractivity contribution in [1.29, 1.82) is 0 Å². The van der Waals surface area contributed by atoms with Gasteiger partial charge in [-0.25, -0.2) is 8.42 Å². The lowest BCUT2D eigenvalue weighted by atomic mass is 10.2. The lowest BCUT2D eigenvalue weighted by molar-refractivity contribution is 0.0945. The van der Waals surface area contributed by atoms with Crippen LogP contribution in [0.15, 0.2) is 59.6 Å². The maximum atomic E-state index is 12.4. The number of ketones is 1. The molecule has 1 aromatic heterocycles. The van der Waals surface area contributed by atoms with E-state index in [0.717, 1.165) is 10.9 Å². The molecule has 0 unspecified atom stereocenters. The highest BCUT2D eigenvalue weighted by Crippen LogP contribution is 2.20. The summed E-state index contributed by atoms with van der Waals surface area (Å²) in [5.74, 6) is -0.725. The Morgan fingerprint density at radius 2 is 1.65 bits per heavy atom. The number of aryl methyl sites for hydroxylation is 1. The maximum absolute atomic E-state index is 12.4. The summed E-state index contributed by atoms with van der Waals surface area (Å²) in [6.45, 7) is 1.40. The summed E-state index contributed by atoms with van der Waals surface area (Å²) in [4.78, 5) is 25.7. The van der Waals surface area contributed by atoms with Crippen molar-refractivity contribution in [2.45, 2.75) is 11.8 Å². The predicted molar refractivity (Wildman–Crippen MR) is 97.2 cm³/mol. The molecule has 0 radical (unpaired) electrons. The van der Waals surface area contributed by atoms with E-state index in [4.69, 9.17) is 0 Å². The van der Waals surface area contributed by atoms with Gasteiger partial charge >= 0.3 is 0 Å². The van der Waals surface area contributed by atoms with Crippen molar-refractivity contribution in [2.24, 2.45) is 7.05 Å². The highest BCUT2D eigenvalue weighted by Gasteiger charge is 2.18. The summed E-state index contributed by atoms with van der Waals surface area (Å²) >= 11 is 0. The Kier molecular flexibility index (Phi) is 4.62. The Hall–Kier alpha value is -2.97. The van der Waals surface area contributed by atoms with E-state index in [1.807, 2.05) is 12.1 Å². The number of amides is 1. The average molecular weight is 371 g/mol. The lowest BCUT2D eigenvalue weighted by Crippen LogP contribution is -2.41. The van der Waals surface area contributed by atoms with E-state index in [2.05, 4.69) is 10.3 Å². The summed E-state index contributed by atoms with van der Waals surface area (Å²) in [6, 6.07) is 12.8. The Bertz CT molecular complexity index is 1100. The number of aromatic nitrogens is 1. The molecule has 0 atom stereocenters. The molecule has 3 aromatic rings. The minimum atomic E-state index is -3.95. The third-order valence-corrected chi connectivity index (χ3v) is 5.28. The monoisotopic (exact) mass is 371 g/mol. The normalized spacial score (nSPS) is 11.5. The zero-order valence-corrected chi connectivity index (χ0v) is 15.0. The smallest absolute Gasteiger partial charge is 0.268 e. The fourth-order valence-electron chi connectivity index (χ4n) is 2.63. The van der Waals surface area contributed by atoms with Gasteiger partial charge in [0, 0.05) is 29.7 Å². The largest absolute Gasteiger partial charge is 0.350 e. The zero-order chi connectivity index (χ0) is 18.9. The van der Waals surface area contributed by atoms with Gasteiger partial charge in [-0.1, -0.05) is 30.3 Å². The van der Waals surface area contributed by atoms with Crippen molar-refractivity contribution in [3.8, 4) is 0 Å². The summed E-state index contributed by atoms with van der Waals surface area (Å²) in [6.07, 6.45) is 1.63. The summed E-state index contributed by atoms with van der Waals surface area (Å²) < 4.78 is 26.4. The van der Waals surface area contributed by atoms with E-state index in [9.17, 15) is 18.0 Å². The highest BCUT2D eigenvalue weighted by molar-refractivity contribution is 7.89. The number of fused-ring (bicyclic) bond motifs is 1. The molecule has 0 fully saturated rings. The van der Waals surface area contributed by atoms with Crippen LogP contribution in [-0.2, 0) is 17.1 Å². The van der Waals surface area contributed by atoms with Crippen molar-refractivity contribution < 1.29 is 18.0 Å². The van der Waals surface area contributed by atoms with Gasteiger partial charge in [0.1, 0.15) is 0 Å². The third-order valence-electron chi connectivity index (χ3n) is 4.01. The molecule has 3 rings (SSSR count). The molecule has 0 bridgehead atoms. The van der Waals surface area contributed by atoms with Crippen molar-refractivity contribution in [1.82, 2.24) is 14.8 Å². The summed E-state index contributed by atoms with van der Waals surface area (Å²) in [5, 5.41) is 0.720. The van der Waals surface area contributed by atoms with Crippen LogP contribution in [0.25, 0.3) is 10.9 Å². The molecule has 134 valence electrons. The van der Waals surface area contributed by atoms with Crippen LogP contribution >= 0.6 is 0 Å². The number of sulfonamides is 1. The second-order valence-corrected chi connectivity index (χ2v) is 7.49. The molecule has 0 spiro atoms. The number of hydrogen-bond donors (Lipinski definition) is 2. The Morgan fingerprint density at radius 3 is 2.31 bits per heavy atom. The maximum Gasteiger partial charge on any atom is 0.268 e. The van der Waals surface area contributed by atoms with Crippen molar-refractivity contribution in [3.63, 3.8) is 0 Å². The number of Topliss-reactive ketones (excluding diaryl/α,β-unsaturated/α-hetero) is 1. The fraction of sp³-hybridized carbons (Fsp3) is 0.111. The first-order valence-corrected chi connectivity index (χ1v) is 9.25. The first kappa shape index (κ1) is 17.8. The van der Waals surface area contributed by atoms with Crippen LogP contribution in [0.1, 0.15) is 27.6 Å². The molecule has 1 amide bonds. The lowest BCUT2D eigenvalue weighted by Gasteiger charge is -2.08. The first-order valence-electron chi connectivity index (χ1n) is 7.77. The summed E-state index contributed by atoms with van der Waals surface area (Å²) in [5.41, 5.74) is 3.85. The van der Waals surface area contributed by atoms with Gasteiger partial charge in [0.05, 0.1) is 10.5 Å². The molecule has 1 heterocycles. The predicted octanol–water partition coefficient (Wildman–Crippen LogP) is 2.00. The zero-order valence-electron chi connectivity index (χ0n) is 14.2. The van der Waals surface area contributed by atoms with Crippen LogP contribution in [0, 0.1) is 0 Å². The Labute approximate surface area is 150 Å². The molecular weight excluding hydrogens is 354 g/mol. The molecule has 8 heteroatoms. The van der Waals surface area contributed by atoms with Crippen molar-refractivity contribution in [2.75, 3.05) is 0 Å². The molecule has 0 aliphatic carbocycles. The number of nitrogens with zero attached hydrogens (tertiary/aromatic N) is 1. The number of benzene rings is 2. The number of carbonyl (C=O) groups excluding carboxylic acids is 2. The molecule has 26 heavy (non-hydrogen) atoms. The first-order chi connectivity index (χ1) is 12.3. The fourth-order valence-corrected chi connectivity index (χ4v) is 3.47. The van der Waals surface area contributed by atoms with Crippen LogP contribution in [0.4, 0.5) is 0 Å². The number of hydrazine groups is 1. The van der Waals surface area contributed by atoms with Gasteiger partial charge in [-0.15, -0.1) is 4.83 Å². The van der Waals surface area contributed by atoms with Gasteiger partial charge in [-0.3, -0.25) is 15.0 Å². The average Bonchev–Trinajstić information content (AvgIpc) is 2.97. The molecule has 2 aromatic carbocycles. The second kappa shape index (κ2) is 6.74. The number of rotatable bonds is 5. The molecule has 0 aliphatic heterocycles. The van der Waals surface area contributed by atoms with E-state index in [1.54, 1.807) is 29.9 Å². The topological polar surface area (TPSA) is 97.3 Å². The van der Waals surface area contributed by atoms with Crippen molar-refractivity contribution in [3.05, 3.63) is 65.9 Å². The second-order valence-electron chi connectivity index (χ2n) is 5.81. The molecule has 0 saturated heterocycles. The van der Waals surface area contributed by atoms with Gasteiger partial charge in [-0.2, -0.15) is 0 Å². The molecular formula is C18H17N3O4S. The standard InChI is InChI=1S/C18H17N3O4S/c1-12(22)13-7-9-14(10-8-13)26(24,25)20-19-18(23)16-11-21(2)17-6-4-3-5-15(16)17/h3-11,20H,1-2H3,(H,19,23). The molecule has 2 N–H and O–H groups in total. The van der Waals surface area contributed by atoms with Gasteiger partial charge in [0.25, 0.3) is 15.9 Å². The minimum Gasteiger partial charge on any atom is -0.350 e. The molecule has 0 aliphatic rings. The van der Waals surface area contributed by atoms with Gasteiger partial charge in [-0.05, 0) is 25.1 Å². The quantitative estimate of drug-likeness (QED) is 0.529. The number of nitrogens with one attached hydrogen (secondary N) is 2. The van der Waals surface area contributed by atoms with E-state index in [1.165, 1.54) is 31.2 Å². The van der Waals surface area contributed by atoms with Crippen molar-refractivity contribution >= 4 is 32.6 Å². The van der Waals surface area contributed by atoms with Crippen LogP contribution < -0.4 is 10.3 Å². The van der Waals surface area contributed by atoms with E-state index >= 15 is 0 Å².